The number of likely N-dealkylation sites (N-methyl/N-ethyl adjacent to an activating group) is 1. The second-order valence-corrected chi connectivity index (χ2v) is 5.91. The molecule has 1 unspecified atom stereocenters. The van der Waals surface area contributed by atoms with Gasteiger partial charge in [0.25, 0.3) is 0 Å². The third kappa shape index (κ3) is 3.62. The highest BCUT2D eigenvalue weighted by molar-refractivity contribution is 7.98. The van der Waals surface area contributed by atoms with Gasteiger partial charge in [0, 0.05) is 24.8 Å². The molecule has 0 aliphatic rings. The summed E-state index contributed by atoms with van der Waals surface area (Å²) < 4.78 is 0. The number of aliphatic hydroxyl groups excluding tert-OH is 1. The number of aromatic amines is 1. The van der Waals surface area contributed by atoms with Crippen LogP contribution in [-0.4, -0.2) is 56.7 Å². The predicted molar refractivity (Wildman–Crippen MR) is 83.6 cm³/mol. The Morgan fingerprint density at radius 3 is 3.05 bits per heavy atom. The second kappa shape index (κ2) is 6.92. The van der Waals surface area contributed by atoms with Gasteiger partial charge in [-0.05, 0) is 25.5 Å². The Balaban J connectivity index is 1.99. The van der Waals surface area contributed by atoms with Crippen LogP contribution in [-0.2, 0) is 6.54 Å². The molecule has 2 rings (SSSR count). The number of rotatable bonds is 7. The lowest BCUT2D eigenvalue weighted by molar-refractivity contribution is 0.120. The van der Waals surface area contributed by atoms with Gasteiger partial charge in [0.2, 0.25) is 0 Å². The molecule has 2 aromatic rings. The number of thioether (sulfide) groups is 1. The normalized spacial score (nSPS) is 13.2. The number of hydrogen-bond acceptors (Lipinski definition) is 6. The van der Waals surface area contributed by atoms with Gasteiger partial charge in [0.1, 0.15) is 11.8 Å². The van der Waals surface area contributed by atoms with Crippen molar-refractivity contribution in [2.45, 2.75) is 19.1 Å². The van der Waals surface area contributed by atoms with Crippen LogP contribution in [0.2, 0.25) is 0 Å². The highest BCUT2D eigenvalue weighted by Crippen LogP contribution is 2.20. The molecule has 4 N–H and O–H groups in total. The summed E-state index contributed by atoms with van der Waals surface area (Å²) in [5.41, 5.74) is 8.49. The molecular weight excluding hydrogens is 274 g/mol. The van der Waals surface area contributed by atoms with Gasteiger partial charge in [-0.3, -0.25) is 4.90 Å². The minimum atomic E-state index is -0.294. The maximum absolute atomic E-state index is 9.93. The molecule has 0 bridgehead atoms. The first-order chi connectivity index (χ1) is 9.61. The Morgan fingerprint density at radius 1 is 1.50 bits per heavy atom. The largest absolute Gasteiger partial charge is 0.392 e. The van der Waals surface area contributed by atoms with Crippen LogP contribution in [0, 0.1) is 0 Å². The highest BCUT2D eigenvalue weighted by atomic mass is 32.2. The second-order valence-electron chi connectivity index (χ2n) is 4.93. The number of fused-ring (bicyclic) bond motifs is 1. The Kier molecular flexibility index (Phi) is 5.22. The molecule has 0 aliphatic carbocycles. The van der Waals surface area contributed by atoms with Crippen LogP contribution in [0.4, 0.5) is 5.82 Å². The summed E-state index contributed by atoms with van der Waals surface area (Å²) in [6.07, 6.45) is 5.95. The molecule has 0 radical (unpaired) electrons. The molecule has 6 nitrogen and oxygen atoms in total. The lowest BCUT2D eigenvalue weighted by Crippen LogP contribution is -2.29. The van der Waals surface area contributed by atoms with Crippen LogP contribution in [0.5, 0.6) is 0 Å². The molecule has 0 amide bonds. The highest BCUT2D eigenvalue weighted by Gasteiger charge is 2.12. The van der Waals surface area contributed by atoms with E-state index in [1.807, 2.05) is 19.5 Å². The zero-order valence-electron chi connectivity index (χ0n) is 11.8. The summed E-state index contributed by atoms with van der Waals surface area (Å²) in [7, 11) is 1.99. The van der Waals surface area contributed by atoms with E-state index < -0.39 is 0 Å². The summed E-state index contributed by atoms with van der Waals surface area (Å²) in [6.45, 7) is 1.36. The molecule has 2 aromatic heterocycles. The minimum absolute atomic E-state index is 0.294. The molecule has 0 saturated carbocycles. The summed E-state index contributed by atoms with van der Waals surface area (Å²) in [5, 5.41) is 9.93. The molecule has 7 heteroatoms. The number of H-pyrrole nitrogens is 1. The Labute approximate surface area is 122 Å². The topological polar surface area (TPSA) is 91.1 Å². The van der Waals surface area contributed by atoms with E-state index in [-0.39, 0.29) is 6.10 Å². The average Bonchev–Trinajstić information content (AvgIpc) is 2.81. The van der Waals surface area contributed by atoms with Crippen molar-refractivity contribution in [1.29, 1.82) is 0 Å². The van der Waals surface area contributed by atoms with Crippen molar-refractivity contribution < 1.29 is 5.11 Å². The first-order valence-corrected chi connectivity index (χ1v) is 7.93. The van der Waals surface area contributed by atoms with Gasteiger partial charge in [-0.25, -0.2) is 9.97 Å². The van der Waals surface area contributed by atoms with E-state index >= 15 is 0 Å². The summed E-state index contributed by atoms with van der Waals surface area (Å²) in [6, 6.07) is 0. The number of hydrogen-bond donors (Lipinski definition) is 3. The number of nitrogen functional groups attached to an aromatic ring is 1. The first kappa shape index (κ1) is 15.1. The molecule has 20 heavy (non-hydrogen) atoms. The monoisotopic (exact) mass is 295 g/mol. The Bertz CT molecular complexity index is 559. The molecule has 0 fully saturated rings. The van der Waals surface area contributed by atoms with Crippen molar-refractivity contribution in [1.82, 2.24) is 19.9 Å². The SMILES string of the molecule is CSCCC(O)CN(C)Cc1c[nH]c2c(N)ncnc12. The molecule has 0 aliphatic heterocycles. The van der Waals surface area contributed by atoms with E-state index in [0.29, 0.717) is 18.9 Å². The van der Waals surface area contributed by atoms with Crippen LogP contribution in [0.1, 0.15) is 12.0 Å². The van der Waals surface area contributed by atoms with E-state index in [1.54, 1.807) is 11.8 Å². The number of nitrogens with zero attached hydrogens (tertiary/aromatic N) is 3. The molecule has 1 atom stereocenters. The standard InChI is InChI=1S/C13H21N5OS/c1-18(7-10(19)3-4-20-2)6-9-5-15-12-11(9)16-8-17-13(12)14/h5,8,10,15,19H,3-4,6-7H2,1-2H3,(H2,14,16,17). The molecule has 0 aromatic carbocycles. The fourth-order valence-corrected chi connectivity index (χ4v) is 2.70. The van der Waals surface area contributed by atoms with E-state index in [0.717, 1.165) is 28.8 Å². The van der Waals surface area contributed by atoms with Crippen molar-refractivity contribution in [2.75, 3.05) is 31.3 Å². The van der Waals surface area contributed by atoms with Gasteiger partial charge in [0.15, 0.2) is 5.82 Å². The van der Waals surface area contributed by atoms with Gasteiger partial charge in [-0.15, -0.1) is 0 Å². The zero-order valence-corrected chi connectivity index (χ0v) is 12.7. The number of nitrogens with one attached hydrogen (secondary N) is 1. The van der Waals surface area contributed by atoms with Crippen molar-refractivity contribution in [3.05, 3.63) is 18.1 Å². The summed E-state index contributed by atoms with van der Waals surface area (Å²) in [5.74, 6) is 1.44. The van der Waals surface area contributed by atoms with Gasteiger partial charge >= 0.3 is 0 Å². The van der Waals surface area contributed by atoms with Crippen LogP contribution in [0.3, 0.4) is 0 Å². The third-order valence-electron chi connectivity index (χ3n) is 3.19. The van der Waals surface area contributed by atoms with Crippen molar-refractivity contribution in [3.8, 4) is 0 Å². The van der Waals surface area contributed by atoms with Gasteiger partial charge in [-0.1, -0.05) is 0 Å². The van der Waals surface area contributed by atoms with Crippen LogP contribution in [0.15, 0.2) is 12.5 Å². The quantitative estimate of drug-likeness (QED) is 0.708. The summed E-state index contributed by atoms with van der Waals surface area (Å²) in [4.78, 5) is 13.4. The van der Waals surface area contributed by atoms with E-state index in [9.17, 15) is 5.11 Å². The van der Waals surface area contributed by atoms with E-state index in [1.165, 1.54) is 6.33 Å². The fraction of sp³-hybridized carbons (Fsp3) is 0.538. The number of aromatic nitrogens is 3. The molecular formula is C13H21N5OS. The number of anilines is 1. The van der Waals surface area contributed by atoms with Crippen LogP contribution >= 0.6 is 11.8 Å². The lowest BCUT2D eigenvalue weighted by Gasteiger charge is -2.19. The fourth-order valence-electron chi connectivity index (χ4n) is 2.19. The van der Waals surface area contributed by atoms with Crippen LogP contribution < -0.4 is 5.73 Å². The smallest absolute Gasteiger partial charge is 0.151 e. The van der Waals surface area contributed by atoms with Crippen LogP contribution in [0.25, 0.3) is 11.0 Å². The predicted octanol–water partition coefficient (Wildman–Crippen LogP) is 1.09. The van der Waals surface area contributed by atoms with E-state index in [2.05, 4.69) is 19.9 Å². The van der Waals surface area contributed by atoms with Crippen molar-refractivity contribution in [2.24, 2.45) is 0 Å². The molecule has 0 saturated heterocycles. The average molecular weight is 295 g/mol. The van der Waals surface area contributed by atoms with E-state index in [4.69, 9.17) is 5.73 Å². The summed E-state index contributed by atoms with van der Waals surface area (Å²) >= 11 is 1.75. The van der Waals surface area contributed by atoms with Gasteiger partial charge < -0.3 is 15.8 Å². The third-order valence-corrected chi connectivity index (χ3v) is 3.83. The van der Waals surface area contributed by atoms with Gasteiger partial charge in [0.05, 0.1) is 11.6 Å². The maximum Gasteiger partial charge on any atom is 0.151 e. The maximum atomic E-state index is 9.93. The van der Waals surface area contributed by atoms with Gasteiger partial charge in [-0.2, -0.15) is 11.8 Å². The minimum Gasteiger partial charge on any atom is -0.392 e. The lowest BCUT2D eigenvalue weighted by atomic mass is 10.2. The van der Waals surface area contributed by atoms with Crippen molar-refractivity contribution >= 4 is 28.6 Å². The Hall–Kier alpha value is -1.31. The Morgan fingerprint density at radius 2 is 2.30 bits per heavy atom. The molecule has 2 heterocycles. The first-order valence-electron chi connectivity index (χ1n) is 6.53. The molecule has 0 spiro atoms. The molecule has 110 valence electrons. The number of nitrogens with two attached hydrogens (primary N) is 1. The zero-order chi connectivity index (χ0) is 14.5. The number of aliphatic hydroxyl groups is 1. The van der Waals surface area contributed by atoms with Crippen molar-refractivity contribution in [3.63, 3.8) is 0 Å².